The van der Waals surface area contributed by atoms with Crippen LogP contribution in [0.3, 0.4) is 0 Å². The number of nitrogens with zero attached hydrogens (tertiary/aromatic N) is 5. The summed E-state index contributed by atoms with van der Waals surface area (Å²) in [4.78, 5) is 36.2. The molecule has 230 valence electrons. The molecule has 0 fully saturated rings. The van der Waals surface area contributed by atoms with Crippen molar-refractivity contribution in [3.8, 4) is 17.1 Å². The fourth-order valence-electron chi connectivity index (χ4n) is 4.05. The van der Waals surface area contributed by atoms with Gasteiger partial charge in [-0.25, -0.2) is 24.4 Å². The number of aryl methyl sites for hydroxylation is 1. The minimum Gasteiger partial charge on any atom is -0.415 e. The monoisotopic (exact) mass is 621 g/mol. The standard InChI is InChI=1S/C24H19F8N7O4/c25-14-4-13-15(5-12(14)16-6-34-18(8-33-16)43-23(28)29)35-10-39(21(13)41)3-1-2-11(9-42-22(26)27)37-17-7-36-38-20(40)19(17)24(30,31)32/h4-8,10-11,22-23H,1-3,9H2,(H2,37,38,40). The van der Waals surface area contributed by atoms with Crippen molar-refractivity contribution in [1.29, 1.82) is 0 Å². The fraction of sp³-hybridized carbons (Fsp3) is 0.333. The van der Waals surface area contributed by atoms with Gasteiger partial charge in [0.05, 0.1) is 53.8 Å². The van der Waals surface area contributed by atoms with Crippen molar-refractivity contribution >= 4 is 16.6 Å². The zero-order chi connectivity index (χ0) is 31.3. The first kappa shape index (κ1) is 31.3. The first-order valence-corrected chi connectivity index (χ1v) is 12.1. The van der Waals surface area contributed by atoms with Crippen molar-refractivity contribution in [2.24, 2.45) is 0 Å². The maximum atomic E-state index is 14.9. The molecule has 0 amide bonds. The van der Waals surface area contributed by atoms with Crippen LogP contribution in [0.25, 0.3) is 22.2 Å². The fourth-order valence-corrected chi connectivity index (χ4v) is 4.05. The Bertz CT molecular complexity index is 1680. The molecular formula is C24H19F8N7O4. The van der Waals surface area contributed by atoms with E-state index in [1.54, 1.807) is 5.10 Å². The van der Waals surface area contributed by atoms with E-state index >= 15 is 0 Å². The second-order valence-corrected chi connectivity index (χ2v) is 8.77. The third-order valence-electron chi connectivity index (χ3n) is 5.90. The lowest BCUT2D eigenvalue weighted by molar-refractivity contribution is -0.138. The van der Waals surface area contributed by atoms with Crippen LogP contribution in [0.5, 0.6) is 5.88 Å². The Balaban J connectivity index is 1.51. The Hall–Kier alpha value is -4.68. The number of fused-ring (bicyclic) bond motifs is 1. The Kier molecular flexibility index (Phi) is 9.52. The van der Waals surface area contributed by atoms with Crippen molar-refractivity contribution in [2.45, 2.75) is 44.8 Å². The highest BCUT2D eigenvalue weighted by Crippen LogP contribution is 2.32. The molecule has 3 aromatic heterocycles. The third kappa shape index (κ3) is 7.79. The number of ether oxygens (including phenoxy) is 2. The van der Waals surface area contributed by atoms with E-state index in [2.05, 4.69) is 34.8 Å². The van der Waals surface area contributed by atoms with E-state index in [1.165, 1.54) is 6.07 Å². The van der Waals surface area contributed by atoms with Gasteiger partial charge in [0.15, 0.2) is 0 Å². The molecule has 0 saturated heterocycles. The van der Waals surface area contributed by atoms with E-state index in [-0.39, 0.29) is 41.5 Å². The molecule has 4 aromatic rings. The van der Waals surface area contributed by atoms with Crippen molar-refractivity contribution in [1.82, 2.24) is 29.7 Å². The second-order valence-electron chi connectivity index (χ2n) is 8.77. The summed E-state index contributed by atoms with van der Waals surface area (Å²) in [7, 11) is 0. The quantitative estimate of drug-likeness (QED) is 0.223. The van der Waals surface area contributed by atoms with Gasteiger partial charge in [-0.15, -0.1) is 0 Å². The Morgan fingerprint density at radius 2 is 1.77 bits per heavy atom. The first-order valence-electron chi connectivity index (χ1n) is 12.1. The van der Waals surface area contributed by atoms with Crippen LogP contribution in [0.15, 0.2) is 46.6 Å². The van der Waals surface area contributed by atoms with Gasteiger partial charge >= 0.3 is 19.4 Å². The lowest BCUT2D eigenvalue weighted by Gasteiger charge is -2.22. The summed E-state index contributed by atoms with van der Waals surface area (Å²) in [6, 6.07) is 0.923. The average molecular weight is 621 g/mol. The maximum absolute atomic E-state index is 14.9. The molecule has 1 unspecified atom stereocenters. The number of hydrogen-bond acceptors (Lipinski definition) is 9. The molecule has 0 radical (unpaired) electrons. The molecule has 3 heterocycles. The molecule has 0 bridgehead atoms. The van der Waals surface area contributed by atoms with Gasteiger partial charge in [0, 0.05) is 18.2 Å². The maximum Gasteiger partial charge on any atom is 0.423 e. The molecular weight excluding hydrogens is 602 g/mol. The highest BCUT2D eigenvalue weighted by atomic mass is 19.4. The number of benzene rings is 1. The molecule has 0 aliphatic carbocycles. The molecule has 1 aromatic carbocycles. The summed E-state index contributed by atoms with van der Waals surface area (Å²) < 4.78 is 114. The molecule has 43 heavy (non-hydrogen) atoms. The van der Waals surface area contributed by atoms with Gasteiger partial charge in [-0.3, -0.25) is 14.2 Å². The molecule has 2 N–H and O–H groups in total. The van der Waals surface area contributed by atoms with E-state index in [1.807, 2.05) is 0 Å². The number of alkyl halides is 7. The first-order chi connectivity index (χ1) is 20.3. The summed E-state index contributed by atoms with van der Waals surface area (Å²) in [6.45, 7) is -7.22. The zero-order valence-electron chi connectivity index (χ0n) is 21.4. The number of rotatable bonds is 12. The van der Waals surface area contributed by atoms with Gasteiger partial charge in [-0.05, 0) is 25.0 Å². The van der Waals surface area contributed by atoms with Crippen LogP contribution in [0.1, 0.15) is 18.4 Å². The van der Waals surface area contributed by atoms with Crippen LogP contribution in [0.2, 0.25) is 0 Å². The van der Waals surface area contributed by atoms with Gasteiger partial charge < -0.3 is 14.8 Å². The van der Waals surface area contributed by atoms with Crippen molar-refractivity contribution in [3.05, 3.63) is 69.1 Å². The van der Waals surface area contributed by atoms with Gasteiger partial charge in [0.25, 0.3) is 11.1 Å². The Morgan fingerprint density at radius 1 is 1.00 bits per heavy atom. The third-order valence-corrected chi connectivity index (χ3v) is 5.90. The molecule has 0 aliphatic heterocycles. The van der Waals surface area contributed by atoms with Gasteiger partial charge in [-0.1, -0.05) is 0 Å². The SMILES string of the molecule is O=c1[nH]ncc(NC(CCCn2cnc3cc(-c4cnc(OC(F)F)cn4)c(F)cc3c2=O)COC(F)F)c1C(F)(F)F. The zero-order valence-corrected chi connectivity index (χ0v) is 21.4. The lowest BCUT2D eigenvalue weighted by Crippen LogP contribution is -2.32. The van der Waals surface area contributed by atoms with Crippen LogP contribution < -0.4 is 21.2 Å². The number of halogens is 8. The summed E-state index contributed by atoms with van der Waals surface area (Å²) in [5.74, 6) is -1.39. The van der Waals surface area contributed by atoms with Crippen LogP contribution in [-0.4, -0.2) is 55.6 Å². The summed E-state index contributed by atoms with van der Waals surface area (Å²) in [5, 5.41) is 7.17. The van der Waals surface area contributed by atoms with Gasteiger partial charge in [0.2, 0.25) is 5.88 Å². The number of nitrogens with one attached hydrogen (secondary N) is 2. The average Bonchev–Trinajstić information content (AvgIpc) is 2.92. The summed E-state index contributed by atoms with van der Waals surface area (Å²) >= 11 is 0. The molecule has 19 heteroatoms. The van der Waals surface area contributed by atoms with E-state index in [0.29, 0.717) is 6.20 Å². The molecule has 0 saturated carbocycles. The molecule has 11 nitrogen and oxygen atoms in total. The topological polar surface area (TPSA) is 137 Å². The molecule has 0 spiro atoms. The molecule has 1 atom stereocenters. The summed E-state index contributed by atoms with van der Waals surface area (Å²) in [5.41, 5.74) is -4.72. The minimum atomic E-state index is -5.08. The number of H-pyrrole nitrogens is 1. The molecule has 0 aliphatic rings. The minimum absolute atomic E-state index is 0.0263. The number of aromatic nitrogens is 6. The Labute approximate surface area is 234 Å². The normalized spacial score (nSPS) is 12.7. The van der Waals surface area contributed by atoms with Crippen molar-refractivity contribution in [3.63, 3.8) is 0 Å². The van der Waals surface area contributed by atoms with Crippen LogP contribution in [0.4, 0.5) is 40.8 Å². The van der Waals surface area contributed by atoms with Crippen LogP contribution in [0, 0.1) is 5.82 Å². The lowest BCUT2D eigenvalue weighted by atomic mass is 10.1. The van der Waals surface area contributed by atoms with Gasteiger partial charge in [0.1, 0.15) is 11.4 Å². The van der Waals surface area contributed by atoms with Crippen LogP contribution in [-0.2, 0) is 17.5 Å². The second kappa shape index (κ2) is 13.1. The van der Waals surface area contributed by atoms with E-state index in [4.69, 9.17) is 0 Å². The summed E-state index contributed by atoms with van der Waals surface area (Å²) in [6.07, 6.45) is -1.51. The Morgan fingerprint density at radius 3 is 2.42 bits per heavy atom. The van der Waals surface area contributed by atoms with E-state index in [9.17, 15) is 44.7 Å². The predicted octanol–water partition coefficient (Wildman–Crippen LogP) is 4.20. The van der Waals surface area contributed by atoms with Crippen molar-refractivity contribution < 1.29 is 44.6 Å². The predicted molar refractivity (Wildman–Crippen MR) is 132 cm³/mol. The highest BCUT2D eigenvalue weighted by molar-refractivity contribution is 5.83. The van der Waals surface area contributed by atoms with E-state index < -0.39 is 66.1 Å². The number of hydrogen-bond donors (Lipinski definition) is 2. The largest absolute Gasteiger partial charge is 0.423 e. The molecule has 4 rings (SSSR count). The smallest absolute Gasteiger partial charge is 0.415 e. The van der Waals surface area contributed by atoms with Crippen molar-refractivity contribution in [2.75, 3.05) is 11.9 Å². The highest BCUT2D eigenvalue weighted by Gasteiger charge is 2.37. The van der Waals surface area contributed by atoms with Crippen LogP contribution >= 0.6 is 0 Å². The number of aromatic amines is 1. The van der Waals surface area contributed by atoms with Gasteiger partial charge in [-0.2, -0.15) is 35.8 Å². The van der Waals surface area contributed by atoms with E-state index in [0.717, 1.165) is 29.4 Å². The number of anilines is 1.